The molecule has 0 aromatic heterocycles. The topological polar surface area (TPSA) is 204 Å². The number of benzene rings is 1. The van der Waals surface area contributed by atoms with E-state index in [0.717, 1.165) is 32.1 Å². The number of halogens is 2. The molecule has 11 nitrogen and oxygen atoms in total. The van der Waals surface area contributed by atoms with Gasteiger partial charge in [0.25, 0.3) is 0 Å². The van der Waals surface area contributed by atoms with E-state index >= 15 is 0 Å². The fourth-order valence-electron chi connectivity index (χ4n) is 4.96. The van der Waals surface area contributed by atoms with Crippen molar-refractivity contribution < 1.29 is 14.4 Å². The fourth-order valence-corrected chi connectivity index (χ4v) is 5.34. The first-order chi connectivity index (χ1) is 19.6. The fraction of sp³-hybridized carbons (Fsp3) is 0.643. The molecule has 13 heteroatoms. The highest BCUT2D eigenvalue weighted by atomic mass is 35.5. The molecule has 41 heavy (non-hydrogen) atoms. The van der Waals surface area contributed by atoms with Crippen LogP contribution in [0.15, 0.2) is 23.2 Å². The molecule has 230 valence electrons. The molecule has 3 amide bonds. The van der Waals surface area contributed by atoms with E-state index in [0.29, 0.717) is 73.3 Å². The summed E-state index contributed by atoms with van der Waals surface area (Å²) in [7, 11) is 0. The van der Waals surface area contributed by atoms with Gasteiger partial charge in [0.1, 0.15) is 12.1 Å². The Bertz CT molecular complexity index is 1010. The minimum atomic E-state index is -0.831. The lowest BCUT2D eigenvalue weighted by atomic mass is 9.86. The van der Waals surface area contributed by atoms with E-state index in [9.17, 15) is 14.4 Å². The molecule has 2 atom stereocenters. The van der Waals surface area contributed by atoms with Crippen molar-refractivity contribution in [3.8, 4) is 0 Å². The largest absolute Gasteiger partial charge is 0.370 e. The number of guanidine groups is 1. The van der Waals surface area contributed by atoms with Crippen LogP contribution in [0, 0.1) is 5.92 Å². The Morgan fingerprint density at radius 2 is 1.49 bits per heavy atom. The summed E-state index contributed by atoms with van der Waals surface area (Å²) >= 11 is 12.3. The van der Waals surface area contributed by atoms with Gasteiger partial charge in [-0.1, -0.05) is 35.3 Å². The number of carbonyl (C=O) groups is 3. The lowest BCUT2D eigenvalue weighted by Crippen LogP contribution is -2.54. The number of amides is 3. The maximum Gasteiger partial charge on any atom is 0.243 e. The highest BCUT2D eigenvalue weighted by Crippen LogP contribution is 2.26. The van der Waals surface area contributed by atoms with Gasteiger partial charge in [0.15, 0.2) is 5.96 Å². The molecule has 1 aliphatic rings. The van der Waals surface area contributed by atoms with Crippen LogP contribution in [0.2, 0.25) is 10.0 Å². The Hall–Kier alpha value is -2.60. The third kappa shape index (κ3) is 12.8. The van der Waals surface area contributed by atoms with Crippen LogP contribution in [0.1, 0.15) is 69.8 Å². The maximum atomic E-state index is 13.4. The lowest BCUT2D eigenvalue weighted by molar-refractivity contribution is -0.132. The predicted molar refractivity (Wildman–Crippen MR) is 164 cm³/mol. The average Bonchev–Trinajstić information content (AvgIpc) is 2.93. The standard InChI is InChI=1S/C28H46Cl2N8O3/c29-21-7-5-6-19(25(21)30)16-24(39)37-23(9-2-4-15-32)27(41)38-22(8-1-3-14-31)26(40)35-17-18-10-12-20(13-11-18)36-28(33)34/h5-7,18,20,22-23H,1-4,8-17,31-32H2,(H,35,40)(H,37,39)(H,38,41)(H4,33,34,36)/t18?,20?,22-,23-/m0/s1. The summed E-state index contributed by atoms with van der Waals surface area (Å²) in [6.45, 7) is 1.47. The van der Waals surface area contributed by atoms with Crippen molar-refractivity contribution in [1.82, 2.24) is 16.0 Å². The van der Waals surface area contributed by atoms with Crippen LogP contribution < -0.4 is 38.9 Å². The van der Waals surface area contributed by atoms with E-state index in [1.165, 1.54) is 0 Å². The third-order valence-electron chi connectivity index (χ3n) is 7.27. The van der Waals surface area contributed by atoms with E-state index in [1.807, 2.05) is 0 Å². The highest BCUT2D eigenvalue weighted by Gasteiger charge is 2.28. The third-order valence-corrected chi connectivity index (χ3v) is 8.13. The second-order valence-electron chi connectivity index (χ2n) is 10.6. The maximum absolute atomic E-state index is 13.4. The van der Waals surface area contributed by atoms with Gasteiger partial charge < -0.3 is 38.9 Å². The molecule has 0 aliphatic heterocycles. The number of carbonyl (C=O) groups excluding carboxylic acids is 3. The van der Waals surface area contributed by atoms with Crippen molar-refractivity contribution >= 4 is 46.9 Å². The van der Waals surface area contributed by atoms with Gasteiger partial charge in [-0.05, 0) is 94.8 Å². The Morgan fingerprint density at radius 1 is 0.878 bits per heavy atom. The van der Waals surface area contributed by atoms with E-state index in [4.69, 9.17) is 46.1 Å². The lowest BCUT2D eigenvalue weighted by Gasteiger charge is -2.28. The number of hydrogen-bond donors (Lipinski definition) is 7. The molecule has 1 aromatic carbocycles. The van der Waals surface area contributed by atoms with Gasteiger partial charge in [-0.25, -0.2) is 0 Å². The average molecular weight is 614 g/mol. The van der Waals surface area contributed by atoms with Crippen molar-refractivity contribution in [2.24, 2.45) is 33.8 Å². The molecule has 1 aromatic rings. The molecule has 0 saturated heterocycles. The minimum Gasteiger partial charge on any atom is -0.370 e. The number of hydrogen-bond acceptors (Lipinski definition) is 6. The quantitative estimate of drug-likeness (QED) is 0.0786. The normalized spacial score (nSPS) is 18.1. The zero-order chi connectivity index (χ0) is 30.2. The van der Waals surface area contributed by atoms with Crippen molar-refractivity contribution in [2.45, 2.75) is 88.8 Å². The van der Waals surface area contributed by atoms with E-state index in [1.54, 1.807) is 18.2 Å². The Labute approximate surface area is 252 Å². The van der Waals surface area contributed by atoms with Crippen LogP contribution in [-0.2, 0) is 20.8 Å². The van der Waals surface area contributed by atoms with Gasteiger partial charge in [-0.3, -0.25) is 19.4 Å². The summed E-state index contributed by atoms with van der Waals surface area (Å²) in [6, 6.07) is 3.61. The monoisotopic (exact) mass is 612 g/mol. The van der Waals surface area contributed by atoms with Crippen LogP contribution in [-0.4, -0.2) is 61.4 Å². The molecule has 0 bridgehead atoms. The molecule has 0 spiro atoms. The van der Waals surface area contributed by atoms with E-state index in [-0.39, 0.29) is 30.2 Å². The molecule has 1 saturated carbocycles. The van der Waals surface area contributed by atoms with Gasteiger partial charge in [0, 0.05) is 6.54 Å². The number of nitrogens with two attached hydrogens (primary N) is 4. The number of unbranched alkanes of at least 4 members (excludes halogenated alkanes) is 2. The second-order valence-corrected chi connectivity index (χ2v) is 11.4. The molecule has 0 heterocycles. The van der Waals surface area contributed by atoms with Crippen LogP contribution in [0.4, 0.5) is 0 Å². The summed E-state index contributed by atoms with van der Waals surface area (Å²) in [5.41, 5.74) is 22.8. The minimum absolute atomic E-state index is 0.0358. The molecule has 0 unspecified atom stereocenters. The summed E-state index contributed by atoms with van der Waals surface area (Å²) < 4.78 is 0. The number of nitrogens with one attached hydrogen (secondary N) is 3. The highest BCUT2D eigenvalue weighted by molar-refractivity contribution is 6.42. The van der Waals surface area contributed by atoms with Crippen molar-refractivity contribution in [2.75, 3.05) is 19.6 Å². The Kier molecular flexibility index (Phi) is 15.8. The molecule has 11 N–H and O–H groups in total. The molecular weight excluding hydrogens is 567 g/mol. The zero-order valence-electron chi connectivity index (χ0n) is 23.7. The van der Waals surface area contributed by atoms with Gasteiger partial charge in [0.05, 0.1) is 22.5 Å². The van der Waals surface area contributed by atoms with Gasteiger partial charge in [-0.2, -0.15) is 0 Å². The molecular formula is C28H46Cl2N8O3. The summed E-state index contributed by atoms with van der Waals surface area (Å²) in [5.74, 6) is -0.629. The van der Waals surface area contributed by atoms with Crippen molar-refractivity contribution in [3.05, 3.63) is 33.8 Å². The first kappa shape index (κ1) is 34.6. The first-order valence-corrected chi connectivity index (χ1v) is 15.2. The molecule has 1 fully saturated rings. The van der Waals surface area contributed by atoms with E-state index in [2.05, 4.69) is 20.9 Å². The van der Waals surface area contributed by atoms with Crippen LogP contribution in [0.25, 0.3) is 0 Å². The van der Waals surface area contributed by atoms with Gasteiger partial charge in [0.2, 0.25) is 17.7 Å². The van der Waals surface area contributed by atoms with Gasteiger partial charge >= 0.3 is 0 Å². The second kappa shape index (κ2) is 18.8. The van der Waals surface area contributed by atoms with Crippen LogP contribution in [0.5, 0.6) is 0 Å². The summed E-state index contributed by atoms with van der Waals surface area (Å²) in [4.78, 5) is 43.7. The van der Waals surface area contributed by atoms with Crippen LogP contribution in [0.3, 0.4) is 0 Å². The zero-order valence-corrected chi connectivity index (χ0v) is 25.2. The molecule has 0 radical (unpaired) electrons. The first-order valence-electron chi connectivity index (χ1n) is 14.4. The number of nitrogens with zero attached hydrogens (tertiary/aromatic N) is 1. The summed E-state index contributed by atoms with van der Waals surface area (Å²) in [6.07, 6.45) is 7.05. The molecule has 1 aliphatic carbocycles. The number of rotatable bonds is 17. The van der Waals surface area contributed by atoms with Crippen molar-refractivity contribution in [1.29, 1.82) is 0 Å². The van der Waals surface area contributed by atoms with Gasteiger partial charge in [-0.15, -0.1) is 0 Å². The van der Waals surface area contributed by atoms with Crippen LogP contribution >= 0.6 is 23.2 Å². The Morgan fingerprint density at radius 3 is 2.07 bits per heavy atom. The summed E-state index contributed by atoms with van der Waals surface area (Å²) in [5, 5.41) is 9.35. The molecule has 2 rings (SSSR count). The number of aliphatic imine (C=N–C) groups is 1. The van der Waals surface area contributed by atoms with E-state index < -0.39 is 18.0 Å². The SMILES string of the molecule is NCCCC[C@H](NC(=O)Cc1cccc(Cl)c1Cl)C(=O)N[C@@H](CCCCN)C(=O)NCC1CCC(N=C(N)N)CC1. The van der Waals surface area contributed by atoms with Crippen molar-refractivity contribution in [3.63, 3.8) is 0 Å². The smallest absolute Gasteiger partial charge is 0.243 e. The predicted octanol–water partition coefficient (Wildman–Crippen LogP) is 1.71. The Balaban J connectivity index is 2.01.